The molecule has 0 radical (unpaired) electrons. The van der Waals surface area contributed by atoms with E-state index in [9.17, 15) is 0 Å². The van der Waals surface area contributed by atoms with Gasteiger partial charge in [-0.3, -0.25) is 0 Å². The summed E-state index contributed by atoms with van der Waals surface area (Å²) in [6.07, 6.45) is 1.44. The lowest BCUT2D eigenvalue weighted by molar-refractivity contribution is 0.860. The third kappa shape index (κ3) is 2.07. The van der Waals surface area contributed by atoms with Crippen LogP contribution in [-0.2, 0) is 13.5 Å². The van der Waals surface area contributed by atoms with Crippen LogP contribution in [0.2, 0.25) is 0 Å². The molecule has 0 aliphatic heterocycles. The number of fused-ring (bicyclic) bond motifs is 1. The number of hydrogen-bond acceptors (Lipinski definition) is 2. The zero-order valence-electron chi connectivity index (χ0n) is 9.40. The number of nitrogens with two attached hydrogens (primary N) is 1. The van der Waals surface area contributed by atoms with Crippen LogP contribution in [0.25, 0.3) is 11.0 Å². The number of nitrogens with zero attached hydrogens (tertiary/aromatic N) is 2. The van der Waals surface area contributed by atoms with Gasteiger partial charge in [-0.15, -0.1) is 5.92 Å². The molecule has 0 bridgehead atoms. The molecule has 1 heterocycles. The predicted octanol–water partition coefficient (Wildman–Crippen LogP) is 1.47. The Bertz CT molecular complexity index is 543. The van der Waals surface area contributed by atoms with Crippen molar-refractivity contribution >= 4 is 11.0 Å². The van der Waals surface area contributed by atoms with E-state index >= 15 is 0 Å². The Labute approximate surface area is 95.3 Å². The zero-order chi connectivity index (χ0) is 11.4. The van der Waals surface area contributed by atoms with Crippen molar-refractivity contribution in [3.05, 3.63) is 30.1 Å². The molecule has 2 aromatic rings. The van der Waals surface area contributed by atoms with Crippen LogP contribution in [0, 0.1) is 11.8 Å². The smallest absolute Gasteiger partial charge is 0.121 e. The minimum absolute atomic E-state index is 0.621. The van der Waals surface area contributed by atoms with Crippen molar-refractivity contribution in [2.24, 2.45) is 12.8 Å². The molecule has 1 aromatic heterocycles. The number of hydrogen-bond donors (Lipinski definition) is 1. The van der Waals surface area contributed by atoms with E-state index in [4.69, 9.17) is 5.73 Å². The van der Waals surface area contributed by atoms with Crippen LogP contribution in [0.15, 0.2) is 24.3 Å². The number of aryl methyl sites for hydroxylation is 1. The van der Waals surface area contributed by atoms with Crippen LogP contribution in [-0.4, -0.2) is 16.1 Å². The molecule has 0 aliphatic rings. The van der Waals surface area contributed by atoms with Crippen LogP contribution in [0.4, 0.5) is 0 Å². The van der Waals surface area contributed by atoms with Crippen LogP contribution in [0.1, 0.15) is 12.2 Å². The van der Waals surface area contributed by atoms with Gasteiger partial charge in [0, 0.05) is 20.0 Å². The molecule has 0 aliphatic carbocycles. The molecule has 16 heavy (non-hydrogen) atoms. The summed E-state index contributed by atoms with van der Waals surface area (Å²) in [6.45, 7) is 0.621. The van der Waals surface area contributed by atoms with Gasteiger partial charge in [-0.1, -0.05) is 18.1 Å². The largest absolute Gasteiger partial charge is 0.330 e. The fourth-order valence-corrected chi connectivity index (χ4v) is 1.66. The molecule has 82 valence electrons. The topological polar surface area (TPSA) is 43.8 Å². The highest BCUT2D eigenvalue weighted by molar-refractivity contribution is 5.75. The van der Waals surface area contributed by atoms with Crippen molar-refractivity contribution in [2.45, 2.75) is 12.8 Å². The first-order chi connectivity index (χ1) is 7.83. The normalized spacial score (nSPS) is 10.1. The summed E-state index contributed by atoms with van der Waals surface area (Å²) in [5.41, 5.74) is 7.56. The summed E-state index contributed by atoms with van der Waals surface area (Å²) < 4.78 is 2.09. The molecule has 3 heteroatoms. The van der Waals surface area contributed by atoms with Crippen molar-refractivity contribution in [1.29, 1.82) is 0 Å². The Morgan fingerprint density at radius 2 is 2.12 bits per heavy atom. The maximum Gasteiger partial charge on any atom is 0.121 e. The Kier molecular flexibility index (Phi) is 3.23. The van der Waals surface area contributed by atoms with Gasteiger partial charge in [-0.2, -0.15) is 0 Å². The van der Waals surface area contributed by atoms with Gasteiger partial charge in [0.1, 0.15) is 5.82 Å². The first-order valence-electron chi connectivity index (χ1n) is 5.39. The number of imidazole rings is 1. The highest BCUT2D eigenvalue weighted by atomic mass is 15.1. The van der Waals surface area contributed by atoms with E-state index in [1.807, 2.05) is 25.2 Å². The number of para-hydroxylation sites is 2. The summed E-state index contributed by atoms with van der Waals surface area (Å²) in [5, 5.41) is 0. The SMILES string of the molecule is Cn1c(CC#CCCN)nc2ccccc21. The third-order valence-electron chi connectivity index (χ3n) is 2.52. The van der Waals surface area contributed by atoms with Crippen LogP contribution >= 0.6 is 0 Å². The van der Waals surface area contributed by atoms with Gasteiger partial charge < -0.3 is 10.3 Å². The van der Waals surface area contributed by atoms with E-state index in [1.165, 1.54) is 0 Å². The molecule has 2 N–H and O–H groups in total. The van der Waals surface area contributed by atoms with Crippen molar-refractivity contribution < 1.29 is 0 Å². The van der Waals surface area contributed by atoms with E-state index in [2.05, 4.69) is 27.5 Å². The zero-order valence-corrected chi connectivity index (χ0v) is 9.40. The van der Waals surface area contributed by atoms with E-state index in [0.717, 1.165) is 23.3 Å². The van der Waals surface area contributed by atoms with E-state index < -0.39 is 0 Å². The molecular weight excluding hydrogens is 198 g/mol. The molecule has 1 aromatic carbocycles. The molecule has 0 spiro atoms. The van der Waals surface area contributed by atoms with E-state index in [0.29, 0.717) is 13.0 Å². The quantitative estimate of drug-likeness (QED) is 0.768. The van der Waals surface area contributed by atoms with Crippen molar-refractivity contribution in [1.82, 2.24) is 9.55 Å². The predicted molar refractivity (Wildman–Crippen MR) is 65.9 cm³/mol. The lowest BCUT2D eigenvalue weighted by Crippen LogP contribution is -1.97. The summed E-state index contributed by atoms with van der Waals surface area (Å²) >= 11 is 0. The maximum atomic E-state index is 5.38. The minimum atomic E-state index is 0.621. The highest BCUT2D eigenvalue weighted by Crippen LogP contribution is 2.13. The van der Waals surface area contributed by atoms with Gasteiger partial charge >= 0.3 is 0 Å². The number of aromatic nitrogens is 2. The molecule has 0 saturated heterocycles. The van der Waals surface area contributed by atoms with Crippen LogP contribution in [0.5, 0.6) is 0 Å². The summed E-state index contributed by atoms with van der Waals surface area (Å²) in [7, 11) is 2.02. The average molecular weight is 213 g/mol. The second kappa shape index (κ2) is 4.82. The van der Waals surface area contributed by atoms with Gasteiger partial charge in [-0.25, -0.2) is 4.98 Å². The molecule has 2 rings (SSSR count). The van der Waals surface area contributed by atoms with Crippen LogP contribution in [0.3, 0.4) is 0 Å². The fourth-order valence-electron chi connectivity index (χ4n) is 1.66. The molecule has 0 atom stereocenters. The van der Waals surface area contributed by atoms with Gasteiger partial charge in [0.25, 0.3) is 0 Å². The second-order valence-corrected chi connectivity index (χ2v) is 3.64. The van der Waals surface area contributed by atoms with Crippen LogP contribution < -0.4 is 5.73 Å². The van der Waals surface area contributed by atoms with Gasteiger partial charge in [-0.05, 0) is 12.1 Å². The first kappa shape index (κ1) is 10.7. The van der Waals surface area contributed by atoms with E-state index in [1.54, 1.807) is 0 Å². The Morgan fingerprint density at radius 1 is 1.31 bits per heavy atom. The highest BCUT2D eigenvalue weighted by Gasteiger charge is 2.04. The van der Waals surface area contributed by atoms with Gasteiger partial charge in [0.2, 0.25) is 0 Å². The average Bonchev–Trinajstić information content (AvgIpc) is 2.63. The molecular formula is C13H15N3. The minimum Gasteiger partial charge on any atom is -0.330 e. The third-order valence-corrected chi connectivity index (χ3v) is 2.52. The first-order valence-corrected chi connectivity index (χ1v) is 5.39. The van der Waals surface area contributed by atoms with Gasteiger partial charge in [0.05, 0.1) is 17.5 Å². The monoisotopic (exact) mass is 213 g/mol. The molecule has 0 saturated carbocycles. The Hall–Kier alpha value is -1.79. The summed E-state index contributed by atoms with van der Waals surface area (Å²) in [4.78, 5) is 4.54. The molecule has 0 fully saturated rings. The molecule has 3 nitrogen and oxygen atoms in total. The lowest BCUT2D eigenvalue weighted by Gasteiger charge is -1.96. The Balaban J connectivity index is 2.26. The summed E-state index contributed by atoms with van der Waals surface area (Å²) in [6, 6.07) is 8.11. The van der Waals surface area contributed by atoms with Gasteiger partial charge in [0.15, 0.2) is 0 Å². The number of benzene rings is 1. The fraction of sp³-hybridized carbons (Fsp3) is 0.308. The standard InChI is InChI=1S/C13H15N3/c1-16-12-8-5-4-7-11(12)15-13(16)9-3-2-6-10-14/h4-5,7-8H,6,9-10,14H2,1H3. The summed E-state index contributed by atoms with van der Waals surface area (Å²) in [5.74, 6) is 7.12. The second-order valence-electron chi connectivity index (χ2n) is 3.64. The lowest BCUT2D eigenvalue weighted by atomic mass is 10.3. The van der Waals surface area contributed by atoms with E-state index in [-0.39, 0.29) is 0 Å². The van der Waals surface area contributed by atoms with Crippen molar-refractivity contribution in [3.8, 4) is 11.8 Å². The number of rotatable bonds is 2. The maximum absolute atomic E-state index is 5.38. The van der Waals surface area contributed by atoms with Crippen molar-refractivity contribution in [3.63, 3.8) is 0 Å². The van der Waals surface area contributed by atoms with Crippen molar-refractivity contribution in [2.75, 3.05) is 6.54 Å². The Morgan fingerprint density at radius 3 is 2.88 bits per heavy atom. The molecule has 0 amide bonds. The molecule has 0 unspecified atom stereocenters.